The number of aromatic hydroxyl groups is 2. The topological polar surface area (TPSA) is 176 Å². The molecule has 0 bridgehead atoms. The number of carbonyl (C=O) groups excluding carboxylic acids is 3. The number of ketones is 3. The minimum atomic E-state index is -1.63. The van der Waals surface area contributed by atoms with Crippen LogP contribution < -0.4 is 15.4 Å². The van der Waals surface area contributed by atoms with E-state index in [1.807, 2.05) is 6.07 Å². The van der Waals surface area contributed by atoms with Gasteiger partial charge < -0.3 is 30.7 Å². The van der Waals surface area contributed by atoms with Crippen molar-refractivity contribution in [1.29, 1.82) is 0 Å². The van der Waals surface area contributed by atoms with Gasteiger partial charge in [-0.3, -0.25) is 19.0 Å². The number of phenols is 2. The molecule has 12 heteroatoms. The van der Waals surface area contributed by atoms with Crippen molar-refractivity contribution in [3.63, 3.8) is 0 Å². The van der Waals surface area contributed by atoms with Crippen molar-refractivity contribution in [2.45, 2.75) is 33.1 Å². The van der Waals surface area contributed by atoms with Crippen LogP contribution in [0.15, 0.2) is 54.0 Å². The summed E-state index contributed by atoms with van der Waals surface area (Å²) in [5, 5.41) is 44.7. The van der Waals surface area contributed by atoms with Gasteiger partial charge in [0.2, 0.25) is 0 Å². The second-order valence-corrected chi connectivity index (χ2v) is 9.76. The molecule has 0 amide bonds. The Morgan fingerprint density at radius 3 is 2.45 bits per heavy atom. The molecule has 0 spiro atoms. The SMILES string of the molecule is CC(=O)c1c(O)c(C)c(O)c2c1OC1=CC(=O)C(=C(C)Nc3cc(-n4cnnc4)ccc3NCCO)C(=O)C12C. The Labute approximate surface area is 228 Å². The number of hydrogen-bond acceptors (Lipinski definition) is 11. The molecule has 2 aromatic carbocycles. The van der Waals surface area contributed by atoms with E-state index in [-0.39, 0.29) is 52.6 Å². The summed E-state index contributed by atoms with van der Waals surface area (Å²) in [5.74, 6) is -2.83. The number of anilines is 2. The third-order valence-corrected chi connectivity index (χ3v) is 7.23. The predicted molar refractivity (Wildman–Crippen MR) is 144 cm³/mol. The maximum Gasteiger partial charge on any atom is 0.194 e. The fourth-order valence-electron chi connectivity index (χ4n) is 5.10. The molecule has 2 aliphatic rings. The zero-order valence-electron chi connectivity index (χ0n) is 22.2. The number of ether oxygens (including phenoxy) is 1. The summed E-state index contributed by atoms with van der Waals surface area (Å²) >= 11 is 0. The largest absolute Gasteiger partial charge is 0.507 e. The van der Waals surface area contributed by atoms with Gasteiger partial charge in [-0.25, -0.2) is 0 Å². The van der Waals surface area contributed by atoms with Crippen LogP contribution in [0.25, 0.3) is 5.69 Å². The summed E-state index contributed by atoms with van der Waals surface area (Å²) in [6.07, 6.45) is 4.20. The lowest BCUT2D eigenvalue weighted by Crippen LogP contribution is -2.40. The number of nitrogens with one attached hydrogen (secondary N) is 2. The van der Waals surface area contributed by atoms with Gasteiger partial charge in [0.1, 0.15) is 46.6 Å². The summed E-state index contributed by atoms with van der Waals surface area (Å²) in [5.41, 5.74) is 0.112. The number of carbonyl (C=O) groups is 3. The number of phenolic OH excluding ortho intramolecular Hbond substituents is 2. The van der Waals surface area contributed by atoms with Crippen molar-refractivity contribution in [3.05, 3.63) is 70.6 Å². The number of benzene rings is 2. The van der Waals surface area contributed by atoms with Crippen molar-refractivity contribution in [3.8, 4) is 22.9 Å². The molecule has 1 aliphatic carbocycles. The fourth-order valence-corrected chi connectivity index (χ4v) is 5.10. The van der Waals surface area contributed by atoms with Crippen LogP contribution in [0.3, 0.4) is 0 Å². The molecule has 2 heterocycles. The number of fused-ring (bicyclic) bond motifs is 3. The van der Waals surface area contributed by atoms with Crippen LogP contribution in [-0.2, 0) is 15.0 Å². The average molecular weight is 546 g/mol. The van der Waals surface area contributed by atoms with E-state index in [0.29, 0.717) is 17.1 Å². The first-order valence-electron chi connectivity index (χ1n) is 12.4. The Hall–Kier alpha value is -4.97. The Kier molecular flexibility index (Phi) is 6.42. The molecule has 3 aromatic rings. The third-order valence-electron chi connectivity index (χ3n) is 7.23. The van der Waals surface area contributed by atoms with Gasteiger partial charge in [-0.2, -0.15) is 0 Å². The molecule has 0 saturated carbocycles. The summed E-state index contributed by atoms with van der Waals surface area (Å²) < 4.78 is 7.49. The smallest absolute Gasteiger partial charge is 0.194 e. The number of aliphatic hydroxyl groups excluding tert-OH is 1. The lowest BCUT2D eigenvalue weighted by atomic mass is 9.70. The van der Waals surface area contributed by atoms with Crippen molar-refractivity contribution in [1.82, 2.24) is 14.8 Å². The second kappa shape index (κ2) is 9.65. The molecule has 5 rings (SSSR count). The lowest BCUT2D eigenvalue weighted by Gasteiger charge is -2.29. The van der Waals surface area contributed by atoms with Crippen LogP contribution in [0.1, 0.15) is 42.3 Å². The number of hydrogen-bond donors (Lipinski definition) is 5. The number of nitrogens with zero attached hydrogens (tertiary/aromatic N) is 3. The Morgan fingerprint density at radius 1 is 1.10 bits per heavy atom. The molecule has 0 saturated heterocycles. The lowest BCUT2D eigenvalue weighted by molar-refractivity contribution is -0.123. The monoisotopic (exact) mass is 545 g/mol. The summed E-state index contributed by atoms with van der Waals surface area (Å²) in [6, 6.07) is 5.34. The van der Waals surface area contributed by atoms with Crippen LogP contribution in [0.5, 0.6) is 17.2 Å². The van der Waals surface area contributed by atoms with Gasteiger partial charge in [0.15, 0.2) is 17.3 Å². The first-order chi connectivity index (χ1) is 19.0. The summed E-state index contributed by atoms with van der Waals surface area (Å²) in [4.78, 5) is 39.8. The number of rotatable bonds is 7. The summed E-state index contributed by atoms with van der Waals surface area (Å²) in [6.45, 7) is 5.89. The van der Waals surface area contributed by atoms with Gasteiger partial charge in [0.05, 0.1) is 34.8 Å². The normalized spacial score (nSPS) is 19.0. The van der Waals surface area contributed by atoms with E-state index < -0.39 is 34.3 Å². The van der Waals surface area contributed by atoms with Crippen molar-refractivity contribution in [2.75, 3.05) is 23.8 Å². The predicted octanol–water partition coefficient (Wildman–Crippen LogP) is 2.67. The van der Waals surface area contributed by atoms with E-state index >= 15 is 0 Å². The van der Waals surface area contributed by atoms with Crippen LogP contribution in [0, 0.1) is 6.92 Å². The van der Waals surface area contributed by atoms with E-state index in [9.17, 15) is 29.7 Å². The van der Waals surface area contributed by atoms with E-state index in [0.717, 1.165) is 6.08 Å². The highest BCUT2D eigenvalue weighted by Crippen LogP contribution is 2.57. The molecule has 40 heavy (non-hydrogen) atoms. The molecule has 1 atom stereocenters. The van der Waals surface area contributed by atoms with Crippen molar-refractivity contribution < 1.29 is 34.4 Å². The first-order valence-corrected chi connectivity index (χ1v) is 12.4. The number of allylic oxidation sites excluding steroid dienone is 4. The Bertz CT molecular complexity index is 1660. The Balaban J connectivity index is 1.63. The molecule has 0 fully saturated rings. The zero-order valence-corrected chi connectivity index (χ0v) is 22.2. The maximum atomic E-state index is 14.1. The maximum absolute atomic E-state index is 14.1. The van der Waals surface area contributed by atoms with E-state index in [4.69, 9.17) is 4.74 Å². The second-order valence-electron chi connectivity index (χ2n) is 9.76. The molecular weight excluding hydrogens is 518 g/mol. The molecule has 12 nitrogen and oxygen atoms in total. The van der Waals surface area contributed by atoms with Crippen molar-refractivity contribution in [2.24, 2.45) is 0 Å². The van der Waals surface area contributed by atoms with Gasteiger partial charge in [0, 0.05) is 23.9 Å². The molecule has 0 radical (unpaired) electrons. The van der Waals surface area contributed by atoms with Crippen LogP contribution in [0.2, 0.25) is 0 Å². The van der Waals surface area contributed by atoms with Crippen LogP contribution >= 0.6 is 0 Å². The van der Waals surface area contributed by atoms with Crippen LogP contribution in [0.4, 0.5) is 11.4 Å². The molecular formula is C28H27N5O7. The van der Waals surface area contributed by atoms with E-state index in [1.54, 1.807) is 23.6 Å². The molecule has 1 aromatic heterocycles. The average Bonchev–Trinajstić information content (AvgIpc) is 3.54. The molecule has 206 valence electrons. The zero-order chi connectivity index (χ0) is 28.9. The highest BCUT2D eigenvalue weighted by molar-refractivity contribution is 6.31. The van der Waals surface area contributed by atoms with Crippen molar-refractivity contribution >= 4 is 28.7 Å². The highest BCUT2D eigenvalue weighted by atomic mass is 16.5. The van der Waals surface area contributed by atoms with Gasteiger partial charge in [-0.1, -0.05) is 0 Å². The quantitative estimate of drug-likeness (QED) is 0.168. The van der Waals surface area contributed by atoms with Gasteiger partial charge in [-0.15, -0.1) is 10.2 Å². The van der Waals surface area contributed by atoms with Gasteiger partial charge in [-0.05, 0) is 45.9 Å². The number of aliphatic hydroxyl groups is 1. The summed E-state index contributed by atoms with van der Waals surface area (Å²) in [7, 11) is 0. The van der Waals surface area contributed by atoms with Crippen LogP contribution in [-0.4, -0.2) is 60.6 Å². The van der Waals surface area contributed by atoms with E-state index in [1.165, 1.54) is 33.4 Å². The molecule has 1 unspecified atom stereocenters. The number of Topliss-reactive ketones (excluding diaryl/α,β-unsaturated/α-hetero) is 2. The minimum absolute atomic E-state index is 0.0157. The highest BCUT2D eigenvalue weighted by Gasteiger charge is 2.56. The Morgan fingerprint density at radius 2 is 1.80 bits per heavy atom. The fraction of sp³-hybridized carbons (Fsp3) is 0.250. The molecule has 1 aliphatic heterocycles. The third kappa shape index (κ3) is 3.92. The standard InChI is InChI=1S/C28H27N5O7/c1-13-24(37)22(15(3)35)26-23(25(13)38)28(4)20(40-26)10-19(36)21(27(28)39)14(2)32-18-9-16(33-11-30-31-12-33)5-6-17(18)29-7-8-34/h5-6,9-12,29,32,34,37-38H,7-8H2,1-4H3. The van der Waals surface area contributed by atoms with Gasteiger partial charge in [0.25, 0.3) is 0 Å². The molecule has 5 N–H and O–H groups in total. The van der Waals surface area contributed by atoms with E-state index in [2.05, 4.69) is 20.8 Å². The number of aromatic nitrogens is 3. The first kappa shape index (κ1) is 26.6. The van der Waals surface area contributed by atoms with Gasteiger partial charge >= 0.3 is 0 Å². The minimum Gasteiger partial charge on any atom is -0.507 e.